The van der Waals surface area contributed by atoms with Gasteiger partial charge in [-0.2, -0.15) is 0 Å². The molecule has 0 unspecified atom stereocenters. The minimum absolute atomic E-state index is 0.0372. The lowest BCUT2D eigenvalue weighted by Crippen LogP contribution is -2.31. The van der Waals surface area contributed by atoms with E-state index in [4.69, 9.17) is 9.47 Å². The van der Waals surface area contributed by atoms with Gasteiger partial charge in [0.1, 0.15) is 6.61 Å². The molecule has 154 valence electrons. The molecule has 0 atom stereocenters. The van der Waals surface area contributed by atoms with E-state index in [-0.39, 0.29) is 31.3 Å². The summed E-state index contributed by atoms with van der Waals surface area (Å²) in [5, 5.41) is 2.73. The van der Waals surface area contributed by atoms with Crippen LogP contribution >= 0.6 is 0 Å². The second kappa shape index (κ2) is 11.6. The van der Waals surface area contributed by atoms with Crippen LogP contribution in [0, 0.1) is 0 Å². The molecule has 2 amide bonds. The zero-order valence-electron chi connectivity index (χ0n) is 16.7. The van der Waals surface area contributed by atoms with Crippen molar-refractivity contribution in [3.05, 3.63) is 60.2 Å². The molecule has 1 N–H and O–H groups in total. The summed E-state index contributed by atoms with van der Waals surface area (Å²) in [7, 11) is 1.51. The fourth-order valence-corrected chi connectivity index (χ4v) is 2.71. The van der Waals surface area contributed by atoms with Crippen molar-refractivity contribution in [2.45, 2.75) is 19.8 Å². The Hall–Kier alpha value is -3.19. The Morgan fingerprint density at radius 2 is 1.62 bits per heavy atom. The largest absolute Gasteiger partial charge is 0.463 e. The number of rotatable bonds is 10. The maximum absolute atomic E-state index is 13.1. The van der Waals surface area contributed by atoms with Gasteiger partial charge in [-0.15, -0.1) is 0 Å². The van der Waals surface area contributed by atoms with Crippen molar-refractivity contribution < 1.29 is 23.9 Å². The number of ether oxygens (including phenoxy) is 2. The summed E-state index contributed by atoms with van der Waals surface area (Å²) in [6.45, 7) is 2.84. The van der Waals surface area contributed by atoms with E-state index in [0.717, 1.165) is 5.69 Å². The van der Waals surface area contributed by atoms with Crippen molar-refractivity contribution in [3.8, 4) is 0 Å². The van der Waals surface area contributed by atoms with E-state index in [1.165, 1.54) is 7.11 Å². The predicted octanol–water partition coefficient (Wildman–Crippen LogP) is 3.26. The van der Waals surface area contributed by atoms with Crippen molar-refractivity contribution in [1.82, 2.24) is 0 Å². The first-order valence-corrected chi connectivity index (χ1v) is 9.47. The molecule has 2 aromatic rings. The molecule has 0 fully saturated rings. The second-order valence-corrected chi connectivity index (χ2v) is 6.19. The van der Waals surface area contributed by atoms with Crippen LogP contribution in [0.5, 0.6) is 0 Å². The number of nitrogens with zero attached hydrogens (tertiary/aromatic N) is 1. The molecule has 2 rings (SSSR count). The second-order valence-electron chi connectivity index (χ2n) is 6.19. The van der Waals surface area contributed by atoms with Crippen molar-refractivity contribution in [1.29, 1.82) is 0 Å². The van der Waals surface area contributed by atoms with Crippen LogP contribution in [0.2, 0.25) is 0 Å². The summed E-state index contributed by atoms with van der Waals surface area (Å²) >= 11 is 0. The summed E-state index contributed by atoms with van der Waals surface area (Å²) < 4.78 is 9.74. The van der Waals surface area contributed by atoms with E-state index in [9.17, 15) is 14.4 Å². The smallest absolute Gasteiger partial charge is 0.306 e. The highest BCUT2D eigenvalue weighted by Crippen LogP contribution is 2.22. The molecule has 7 heteroatoms. The number of nitrogens with one attached hydrogen (secondary N) is 1. The topological polar surface area (TPSA) is 84.9 Å². The van der Waals surface area contributed by atoms with E-state index in [1.54, 1.807) is 29.2 Å². The molecule has 0 aliphatic rings. The quantitative estimate of drug-likeness (QED) is 0.490. The predicted molar refractivity (Wildman–Crippen MR) is 111 cm³/mol. The van der Waals surface area contributed by atoms with Crippen molar-refractivity contribution in [2.24, 2.45) is 0 Å². The highest BCUT2D eigenvalue weighted by molar-refractivity contribution is 6.11. The summed E-state index contributed by atoms with van der Waals surface area (Å²) in [6.07, 6.45) is -0.0821. The average Bonchev–Trinajstić information content (AvgIpc) is 2.74. The maximum Gasteiger partial charge on any atom is 0.306 e. The van der Waals surface area contributed by atoms with Crippen LogP contribution < -0.4 is 10.2 Å². The van der Waals surface area contributed by atoms with Gasteiger partial charge in [0, 0.05) is 25.8 Å². The standard InChI is InChI=1S/C22H26N2O5/c1-3-24(17-9-5-4-6-10-17)22(27)18-11-7-8-12-19(18)23-20(25)13-14-21(26)29-16-15-28-2/h4-12H,3,13-16H2,1-2H3,(H,23,25). The third kappa shape index (κ3) is 6.73. The van der Waals surface area contributed by atoms with Crippen molar-refractivity contribution in [2.75, 3.05) is 37.1 Å². The molecule has 7 nitrogen and oxygen atoms in total. The van der Waals surface area contributed by atoms with E-state index in [2.05, 4.69) is 5.32 Å². The molecular formula is C22H26N2O5. The number of benzene rings is 2. The van der Waals surface area contributed by atoms with Crippen LogP contribution in [0.15, 0.2) is 54.6 Å². The minimum atomic E-state index is -0.470. The molecular weight excluding hydrogens is 372 g/mol. The van der Waals surface area contributed by atoms with Gasteiger partial charge in [-0.1, -0.05) is 30.3 Å². The average molecular weight is 398 g/mol. The molecule has 0 aliphatic heterocycles. The summed E-state index contributed by atoms with van der Waals surface area (Å²) in [4.78, 5) is 38.6. The summed E-state index contributed by atoms with van der Waals surface area (Å²) in [5.74, 6) is -1.05. The van der Waals surface area contributed by atoms with E-state index < -0.39 is 5.97 Å². The molecule has 29 heavy (non-hydrogen) atoms. The van der Waals surface area contributed by atoms with Gasteiger partial charge in [0.25, 0.3) is 5.91 Å². The Morgan fingerprint density at radius 1 is 0.931 bits per heavy atom. The maximum atomic E-state index is 13.1. The fourth-order valence-electron chi connectivity index (χ4n) is 2.71. The first-order chi connectivity index (χ1) is 14.1. The lowest BCUT2D eigenvalue weighted by Gasteiger charge is -2.22. The molecule has 0 radical (unpaired) electrons. The molecule has 0 saturated heterocycles. The van der Waals surface area contributed by atoms with Crippen LogP contribution in [0.4, 0.5) is 11.4 Å². The van der Waals surface area contributed by atoms with Gasteiger partial charge in [0.2, 0.25) is 5.91 Å². The van der Waals surface area contributed by atoms with Crippen LogP contribution in [0.25, 0.3) is 0 Å². The van der Waals surface area contributed by atoms with E-state index in [1.807, 2.05) is 37.3 Å². The fraction of sp³-hybridized carbons (Fsp3) is 0.318. The van der Waals surface area contributed by atoms with Gasteiger partial charge in [0.15, 0.2) is 0 Å². The highest BCUT2D eigenvalue weighted by atomic mass is 16.6. The lowest BCUT2D eigenvalue weighted by atomic mass is 10.1. The number of carbonyl (C=O) groups excluding carboxylic acids is 3. The van der Waals surface area contributed by atoms with Gasteiger partial charge in [-0.3, -0.25) is 14.4 Å². The number of carbonyl (C=O) groups is 3. The number of esters is 1. The molecule has 0 heterocycles. The Balaban J connectivity index is 2.03. The third-order valence-electron chi connectivity index (χ3n) is 4.17. The Bertz CT molecular complexity index is 823. The Morgan fingerprint density at radius 3 is 2.31 bits per heavy atom. The summed E-state index contributed by atoms with van der Waals surface area (Å²) in [5.41, 5.74) is 1.57. The first kappa shape index (κ1) is 22.1. The third-order valence-corrected chi connectivity index (χ3v) is 4.17. The van der Waals surface area contributed by atoms with Crippen LogP contribution in [0.1, 0.15) is 30.1 Å². The molecule has 0 aromatic heterocycles. The number of amides is 2. The Kier molecular flexibility index (Phi) is 8.85. The number of para-hydroxylation sites is 2. The Labute approximate surface area is 170 Å². The SMILES string of the molecule is CCN(C(=O)c1ccccc1NC(=O)CCC(=O)OCCOC)c1ccccc1. The minimum Gasteiger partial charge on any atom is -0.463 e. The van der Waals surface area contributed by atoms with E-state index >= 15 is 0 Å². The molecule has 2 aromatic carbocycles. The molecule has 0 bridgehead atoms. The number of methoxy groups -OCH3 is 1. The van der Waals surface area contributed by atoms with Crippen LogP contribution in [-0.4, -0.2) is 44.7 Å². The van der Waals surface area contributed by atoms with Gasteiger partial charge in [-0.05, 0) is 31.2 Å². The van der Waals surface area contributed by atoms with Gasteiger partial charge in [0.05, 0.1) is 24.3 Å². The number of hydrogen-bond acceptors (Lipinski definition) is 5. The summed E-state index contributed by atoms with van der Waals surface area (Å²) in [6, 6.07) is 16.2. The number of hydrogen-bond donors (Lipinski definition) is 1. The molecule has 0 aliphatic carbocycles. The van der Waals surface area contributed by atoms with Crippen LogP contribution in [-0.2, 0) is 19.1 Å². The monoisotopic (exact) mass is 398 g/mol. The van der Waals surface area contributed by atoms with Gasteiger partial charge < -0.3 is 19.7 Å². The molecule has 0 spiro atoms. The zero-order valence-corrected chi connectivity index (χ0v) is 16.7. The highest BCUT2D eigenvalue weighted by Gasteiger charge is 2.20. The lowest BCUT2D eigenvalue weighted by molar-refractivity contribution is -0.145. The van der Waals surface area contributed by atoms with E-state index in [0.29, 0.717) is 24.4 Å². The normalized spacial score (nSPS) is 10.3. The van der Waals surface area contributed by atoms with Crippen molar-refractivity contribution in [3.63, 3.8) is 0 Å². The zero-order chi connectivity index (χ0) is 21.1. The van der Waals surface area contributed by atoms with Crippen molar-refractivity contribution >= 4 is 29.2 Å². The number of anilines is 2. The molecule has 0 saturated carbocycles. The van der Waals surface area contributed by atoms with Crippen LogP contribution in [0.3, 0.4) is 0 Å². The first-order valence-electron chi connectivity index (χ1n) is 9.47. The van der Waals surface area contributed by atoms with Gasteiger partial charge >= 0.3 is 5.97 Å². The van der Waals surface area contributed by atoms with Gasteiger partial charge in [-0.25, -0.2) is 0 Å².